The Kier molecular flexibility index (Phi) is 6.58. The number of benzene rings is 1. The average Bonchev–Trinajstić information content (AvgIpc) is 2.78. The molecule has 0 spiro atoms. The van der Waals surface area contributed by atoms with E-state index in [0.717, 1.165) is 11.3 Å². The molecule has 2 aliphatic rings. The number of amides is 1. The summed E-state index contributed by atoms with van der Waals surface area (Å²) in [4.78, 5) is 30.3. The number of aromatic nitrogens is 1. The summed E-state index contributed by atoms with van der Waals surface area (Å²) in [5, 5.41) is 9.90. The third kappa shape index (κ3) is 4.60. The number of hydrogen-bond acceptors (Lipinski definition) is 7. The molecule has 0 bridgehead atoms. The summed E-state index contributed by atoms with van der Waals surface area (Å²) < 4.78 is 5.31. The number of pyridine rings is 1. The van der Waals surface area contributed by atoms with Gasteiger partial charge in [-0.15, -0.1) is 11.8 Å². The van der Waals surface area contributed by atoms with E-state index in [1.165, 1.54) is 5.56 Å². The van der Waals surface area contributed by atoms with E-state index in [4.69, 9.17) is 4.74 Å². The largest absolute Gasteiger partial charge is 0.463 e. The third-order valence-electron chi connectivity index (χ3n) is 5.51. The van der Waals surface area contributed by atoms with Gasteiger partial charge in [-0.2, -0.15) is 0 Å². The number of nitrogens with one attached hydrogen (secondary N) is 3. The molecule has 0 aliphatic carbocycles. The van der Waals surface area contributed by atoms with Crippen LogP contribution in [0.15, 0.2) is 66.1 Å². The first-order chi connectivity index (χ1) is 15.1. The Bertz CT molecular complexity index is 967. The van der Waals surface area contributed by atoms with Crippen LogP contribution >= 0.6 is 11.8 Å². The highest BCUT2D eigenvalue weighted by molar-refractivity contribution is 7.99. The minimum Gasteiger partial charge on any atom is -0.463 e. The molecule has 0 saturated carbocycles. The van der Waals surface area contributed by atoms with Gasteiger partial charge in [0.25, 0.3) is 0 Å². The summed E-state index contributed by atoms with van der Waals surface area (Å²) >= 11 is 1.62. The molecule has 1 aromatic heterocycles. The summed E-state index contributed by atoms with van der Waals surface area (Å²) in [5.74, 6) is -0.712. The van der Waals surface area contributed by atoms with E-state index >= 15 is 0 Å². The summed E-state index contributed by atoms with van der Waals surface area (Å²) in [6.45, 7) is 3.90. The maximum atomic E-state index is 13.3. The summed E-state index contributed by atoms with van der Waals surface area (Å²) in [7, 11) is 0. The highest BCUT2D eigenvalue weighted by Gasteiger charge is 2.48. The van der Waals surface area contributed by atoms with Crippen molar-refractivity contribution in [1.29, 1.82) is 0 Å². The number of rotatable bonds is 6. The van der Waals surface area contributed by atoms with Gasteiger partial charge in [0, 0.05) is 29.8 Å². The van der Waals surface area contributed by atoms with Gasteiger partial charge in [0.15, 0.2) is 0 Å². The summed E-state index contributed by atoms with van der Waals surface area (Å²) in [6.07, 6.45) is 3.08. The van der Waals surface area contributed by atoms with Crippen LogP contribution in [0.2, 0.25) is 0 Å². The second kappa shape index (κ2) is 9.53. The molecule has 3 N–H and O–H groups in total. The maximum absolute atomic E-state index is 13.3. The number of ether oxygens (including phenoxy) is 1. The SMILES string of the molecule is CCOC(=O)C1=C(C)NC2NC(SCc3ccccc3)NC(=O)C2C1c1cccnc1. The van der Waals surface area contributed by atoms with Gasteiger partial charge in [-0.1, -0.05) is 36.4 Å². The quantitative estimate of drug-likeness (QED) is 0.597. The fourth-order valence-electron chi connectivity index (χ4n) is 4.15. The van der Waals surface area contributed by atoms with Gasteiger partial charge in [-0.05, 0) is 31.0 Å². The van der Waals surface area contributed by atoms with Crippen molar-refractivity contribution < 1.29 is 14.3 Å². The van der Waals surface area contributed by atoms with E-state index in [1.54, 1.807) is 31.1 Å². The van der Waals surface area contributed by atoms with Crippen molar-refractivity contribution in [1.82, 2.24) is 20.9 Å². The van der Waals surface area contributed by atoms with Gasteiger partial charge in [0.05, 0.1) is 24.3 Å². The lowest BCUT2D eigenvalue weighted by atomic mass is 9.75. The number of allylic oxidation sites excluding steroid dienone is 1. The second-order valence-corrected chi connectivity index (χ2v) is 8.62. The van der Waals surface area contributed by atoms with E-state index in [9.17, 15) is 9.59 Å². The van der Waals surface area contributed by atoms with Crippen molar-refractivity contribution in [2.45, 2.75) is 37.2 Å². The number of carbonyl (C=O) groups is 2. The van der Waals surface area contributed by atoms with Crippen LogP contribution in [0.25, 0.3) is 0 Å². The highest BCUT2D eigenvalue weighted by atomic mass is 32.2. The van der Waals surface area contributed by atoms with E-state index in [-0.39, 0.29) is 24.2 Å². The van der Waals surface area contributed by atoms with Crippen molar-refractivity contribution in [2.24, 2.45) is 5.92 Å². The lowest BCUT2D eigenvalue weighted by Gasteiger charge is -2.45. The molecule has 1 amide bonds. The van der Waals surface area contributed by atoms with E-state index in [2.05, 4.69) is 33.1 Å². The number of esters is 1. The molecule has 7 nitrogen and oxygen atoms in total. The number of hydrogen-bond donors (Lipinski definition) is 3. The predicted octanol–water partition coefficient (Wildman–Crippen LogP) is 2.48. The smallest absolute Gasteiger partial charge is 0.336 e. The Balaban J connectivity index is 1.60. The van der Waals surface area contributed by atoms with Gasteiger partial charge >= 0.3 is 5.97 Å². The minimum absolute atomic E-state index is 0.107. The van der Waals surface area contributed by atoms with Crippen LogP contribution in [0, 0.1) is 5.92 Å². The zero-order chi connectivity index (χ0) is 21.8. The molecule has 0 radical (unpaired) electrons. The normalized spacial score (nSPS) is 25.3. The molecular weight excluding hydrogens is 412 g/mol. The van der Waals surface area contributed by atoms with Crippen LogP contribution in [0.1, 0.15) is 30.9 Å². The zero-order valence-electron chi connectivity index (χ0n) is 17.5. The highest BCUT2D eigenvalue weighted by Crippen LogP contribution is 2.40. The lowest BCUT2D eigenvalue weighted by Crippen LogP contribution is -2.67. The van der Waals surface area contributed by atoms with E-state index in [0.29, 0.717) is 11.3 Å². The number of nitrogens with zero attached hydrogens (tertiary/aromatic N) is 1. The van der Waals surface area contributed by atoms with E-state index < -0.39 is 17.8 Å². The van der Waals surface area contributed by atoms with Crippen LogP contribution in [-0.2, 0) is 20.1 Å². The molecular formula is C23H26N4O3S. The predicted molar refractivity (Wildman–Crippen MR) is 120 cm³/mol. The second-order valence-electron chi connectivity index (χ2n) is 7.52. The third-order valence-corrected chi connectivity index (χ3v) is 6.60. The topological polar surface area (TPSA) is 92.4 Å². The first kappa shape index (κ1) is 21.4. The van der Waals surface area contributed by atoms with Gasteiger partial charge in [-0.3, -0.25) is 15.1 Å². The van der Waals surface area contributed by atoms with Crippen molar-refractivity contribution in [3.05, 3.63) is 77.3 Å². The molecule has 1 saturated heterocycles. The van der Waals surface area contributed by atoms with Gasteiger partial charge in [-0.25, -0.2) is 4.79 Å². The van der Waals surface area contributed by atoms with Crippen molar-refractivity contribution in [3.8, 4) is 0 Å². The Labute approximate surface area is 186 Å². The zero-order valence-corrected chi connectivity index (χ0v) is 18.3. The standard InChI is InChI=1S/C23H26N4O3S/c1-3-30-22(29)17-14(2)25-20-19(18(17)16-10-7-11-24-12-16)21(28)27-23(26-20)31-13-15-8-5-4-6-9-15/h4-12,18-20,23,25-26H,3,13H2,1-2H3,(H,27,28). The van der Waals surface area contributed by atoms with Gasteiger partial charge in [0.1, 0.15) is 5.50 Å². The monoisotopic (exact) mass is 438 g/mol. The summed E-state index contributed by atoms with van der Waals surface area (Å²) in [5.41, 5.74) is 2.95. The van der Waals surface area contributed by atoms with Gasteiger partial charge in [0.2, 0.25) is 5.91 Å². The molecule has 31 heavy (non-hydrogen) atoms. The Morgan fingerprint density at radius 3 is 2.68 bits per heavy atom. The molecule has 3 heterocycles. The fourth-order valence-corrected chi connectivity index (χ4v) is 5.14. The maximum Gasteiger partial charge on any atom is 0.336 e. The molecule has 162 valence electrons. The van der Waals surface area contributed by atoms with Crippen LogP contribution < -0.4 is 16.0 Å². The first-order valence-corrected chi connectivity index (χ1v) is 11.4. The van der Waals surface area contributed by atoms with Crippen molar-refractivity contribution >= 4 is 23.6 Å². The Morgan fingerprint density at radius 1 is 1.16 bits per heavy atom. The summed E-state index contributed by atoms with van der Waals surface area (Å²) in [6, 6.07) is 13.8. The molecule has 4 unspecified atom stereocenters. The number of thioether (sulfide) groups is 1. The van der Waals surface area contributed by atoms with Crippen molar-refractivity contribution in [3.63, 3.8) is 0 Å². The van der Waals surface area contributed by atoms with Crippen LogP contribution in [0.5, 0.6) is 0 Å². The van der Waals surface area contributed by atoms with Gasteiger partial charge < -0.3 is 15.4 Å². The number of carbonyl (C=O) groups excluding carboxylic acids is 2. The van der Waals surface area contributed by atoms with Crippen LogP contribution in [0.3, 0.4) is 0 Å². The molecule has 1 fully saturated rings. The van der Waals surface area contributed by atoms with Crippen LogP contribution in [-0.4, -0.2) is 35.1 Å². The average molecular weight is 439 g/mol. The van der Waals surface area contributed by atoms with Crippen LogP contribution in [0.4, 0.5) is 0 Å². The Hall–Kier alpha value is -2.84. The van der Waals surface area contributed by atoms with E-state index in [1.807, 2.05) is 37.3 Å². The first-order valence-electron chi connectivity index (χ1n) is 10.3. The molecule has 1 aromatic carbocycles. The fraction of sp³-hybridized carbons (Fsp3) is 0.348. The molecule has 2 aliphatic heterocycles. The molecule has 4 rings (SSSR count). The molecule has 2 aromatic rings. The number of fused-ring (bicyclic) bond motifs is 1. The molecule has 8 heteroatoms. The molecule has 4 atom stereocenters. The van der Waals surface area contributed by atoms with Crippen molar-refractivity contribution in [2.75, 3.05) is 6.61 Å². The lowest BCUT2D eigenvalue weighted by molar-refractivity contribution is -0.139. The Morgan fingerprint density at radius 2 is 1.97 bits per heavy atom. The minimum atomic E-state index is -0.513.